The van der Waals surface area contributed by atoms with Gasteiger partial charge in [0.15, 0.2) is 5.58 Å². The maximum atomic E-state index is 6.54. The number of aromatic nitrogens is 1. The van der Waals surface area contributed by atoms with Crippen LogP contribution in [-0.4, -0.2) is 4.98 Å². The van der Waals surface area contributed by atoms with Crippen LogP contribution in [0.2, 0.25) is 0 Å². The fourth-order valence-electron chi connectivity index (χ4n) is 4.75. The summed E-state index contributed by atoms with van der Waals surface area (Å²) in [5.41, 5.74) is 6.61. The van der Waals surface area contributed by atoms with Gasteiger partial charge in [0.05, 0.1) is 0 Å². The van der Waals surface area contributed by atoms with Crippen molar-refractivity contribution in [1.29, 1.82) is 0 Å². The van der Waals surface area contributed by atoms with Crippen molar-refractivity contribution in [2.45, 2.75) is 33.1 Å². The van der Waals surface area contributed by atoms with Crippen molar-refractivity contribution < 1.29 is 4.42 Å². The predicted molar refractivity (Wildman–Crippen MR) is 141 cm³/mol. The van der Waals surface area contributed by atoms with Crippen molar-refractivity contribution >= 4 is 43.2 Å². The topological polar surface area (TPSA) is 26.0 Å². The molecule has 0 fully saturated rings. The average molecular weight is 448 g/mol. The number of rotatable bonds is 2. The molecule has 3 heterocycles. The Morgan fingerprint density at radius 3 is 2.52 bits per heavy atom. The molecule has 0 saturated heterocycles. The largest absolute Gasteiger partial charge is 0.454 e. The molecular formula is C30H25NOS. The van der Waals surface area contributed by atoms with Gasteiger partial charge in [-0.3, -0.25) is 4.98 Å². The van der Waals surface area contributed by atoms with Crippen LogP contribution >= 0.6 is 11.3 Å². The summed E-state index contributed by atoms with van der Waals surface area (Å²) in [6.45, 7) is 8.96. The van der Waals surface area contributed by atoms with Crippen molar-refractivity contribution in [2.75, 3.05) is 0 Å². The molecule has 0 saturated carbocycles. The first-order valence-electron chi connectivity index (χ1n) is 11.3. The summed E-state index contributed by atoms with van der Waals surface area (Å²) in [4.78, 5) is 4.79. The molecule has 0 aliphatic carbocycles. The molecule has 3 aromatic heterocycles. The van der Waals surface area contributed by atoms with Crippen LogP contribution in [0.5, 0.6) is 0 Å². The van der Waals surface area contributed by atoms with Gasteiger partial charge in [-0.2, -0.15) is 0 Å². The van der Waals surface area contributed by atoms with Gasteiger partial charge in [0.1, 0.15) is 11.5 Å². The fraction of sp³-hybridized carbons (Fsp3) is 0.167. The summed E-state index contributed by atoms with van der Waals surface area (Å²) in [6, 6.07) is 23.8. The first-order chi connectivity index (χ1) is 15.9. The summed E-state index contributed by atoms with van der Waals surface area (Å²) in [5.74, 6) is 0.892. The number of nitrogens with zero attached hydrogens (tertiary/aromatic N) is 1. The molecular weight excluding hydrogens is 422 g/mol. The molecule has 162 valence electrons. The molecule has 0 N–H and O–H groups in total. The van der Waals surface area contributed by atoms with E-state index in [-0.39, 0.29) is 5.41 Å². The van der Waals surface area contributed by atoms with Crippen molar-refractivity contribution in [1.82, 2.24) is 4.98 Å². The van der Waals surface area contributed by atoms with Crippen molar-refractivity contribution in [2.24, 2.45) is 0 Å². The molecule has 0 spiro atoms. The second-order valence-corrected chi connectivity index (χ2v) is 10.7. The summed E-state index contributed by atoms with van der Waals surface area (Å²) >= 11 is 1.78. The summed E-state index contributed by atoms with van der Waals surface area (Å²) in [7, 11) is 0. The fourth-order valence-corrected chi connectivity index (χ4v) is 5.82. The van der Waals surface area contributed by atoms with Gasteiger partial charge in [0.25, 0.3) is 0 Å². The van der Waals surface area contributed by atoms with Crippen molar-refractivity contribution in [3.05, 3.63) is 89.4 Å². The Morgan fingerprint density at radius 1 is 0.848 bits per heavy atom. The normalized spacial score (nSPS) is 12.2. The number of benzene rings is 3. The average Bonchev–Trinajstić information content (AvgIpc) is 3.41. The molecule has 0 bridgehead atoms. The van der Waals surface area contributed by atoms with E-state index in [9.17, 15) is 0 Å². The molecule has 6 aromatic rings. The predicted octanol–water partition coefficient (Wildman–Crippen LogP) is 9.14. The van der Waals surface area contributed by atoms with Crippen LogP contribution in [0, 0.1) is 6.92 Å². The van der Waals surface area contributed by atoms with Crippen molar-refractivity contribution in [3.63, 3.8) is 0 Å². The number of thiophene rings is 1. The summed E-state index contributed by atoms with van der Waals surface area (Å²) in [6.07, 6.45) is 1.89. The highest BCUT2D eigenvalue weighted by Gasteiger charge is 2.21. The molecule has 0 aliphatic rings. The minimum atomic E-state index is 0.0184. The SMILES string of the molecule is Cc1csc2c(-c3cc4ccnc(-c5cc(C(C)(C)C)c6ccccc6c5)c4o3)cccc12. The van der Waals surface area contributed by atoms with Crippen LogP contribution in [0.1, 0.15) is 31.9 Å². The van der Waals surface area contributed by atoms with Gasteiger partial charge in [-0.1, -0.05) is 57.2 Å². The molecule has 3 aromatic carbocycles. The van der Waals surface area contributed by atoms with Crippen LogP contribution in [-0.2, 0) is 5.41 Å². The molecule has 0 radical (unpaired) electrons. The van der Waals surface area contributed by atoms with Gasteiger partial charge >= 0.3 is 0 Å². The first-order valence-corrected chi connectivity index (χ1v) is 12.2. The van der Waals surface area contributed by atoms with Crippen LogP contribution in [0.25, 0.3) is 54.4 Å². The third-order valence-corrected chi connectivity index (χ3v) is 7.58. The number of furan rings is 1. The lowest BCUT2D eigenvalue weighted by Crippen LogP contribution is -2.12. The van der Waals surface area contributed by atoms with E-state index in [1.54, 1.807) is 11.3 Å². The minimum Gasteiger partial charge on any atom is -0.454 e. The van der Waals surface area contributed by atoms with Crippen molar-refractivity contribution in [3.8, 4) is 22.6 Å². The zero-order chi connectivity index (χ0) is 22.7. The number of aryl methyl sites for hydroxylation is 1. The summed E-state index contributed by atoms with van der Waals surface area (Å²) < 4.78 is 7.81. The Labute approximate surface area is 197 Å². The molecule has 6 rings (SSSR count). The third-order valence-electron chi connectivity index (χ3n) is 6.44. The maximum Gasteiger partial charge on any atom is 0.161 e. The Morgan fingerprint density at radius 2 is 1.67 bits per heavy atom. The monoisotopic (exact) mass is 447 g/mol. The van der Waals surface area contributed by atoms with Gasteiger partial charge in [-0.25, -0.2) is 0 Å². The van der Waals surface area contributed by atoms with Gasteiger partial charge in [-0.05, 0) is 75.3 Å². The summed E-state index contributed by atoms with van der Waals surface area (Å²) in [5, 5.41) is 7.10. The Hall–Kier alpha value is -3.43. The smallest absolute Gasteiger partial charge is 0.161 e. The zero-order valence-corrected chi connectivity index (χ0v) is 20.1. The number of pyridine rings is 1. The first kappa shape index (κ1) is 20.2. The van der Waals surface area contributed by atoms with E-state index in [0.717, 1.165) is 33.6 Å². The molecule has 3 heteroatoms. The van der Waals surface area contributed by atoms with Crippen LogP contribution in [0.3, 0.4) is 0 Å². The van der Waals surface area contributed by atoms with E-state index < -0.39 is 0 Å². The van der Waals surface area contributed by atoms with E-state index in [1.807, 2.05) is 12.3 Å². The van der Waals surface area contributed by atoms with Crippen LogP contribution in [0.15, 0.2) is 82.7 Å². The Kier molecular flexibility index (Phi) is 4.46. The Balaban J connectivity index is 1.59. The third kappa shape index (κ3) is 3.27. The van der Waals surface area contributed by atoms with Crippen LogP contribution in [0.4, 0.5) is 0 Å². The molecule has 0 aliphatic heterocycles. The van der Waals surface area contributed by atoms with Gasteiger partial charge in [0.2, 0.25) is 0 Å². The number of fused-ring (bicyclic) bond motifs is 3. The highest BCUT2D eigenvalue weighted by Crippen LogP contribution is 2.40. The molecule has 0 amide bonds. The lowest BCUT2D eigenvalue weighted by molar-refractivity contribution is 0.596. The molecule has 33 heavy (non-hydrogen) atoms. The lowest BCUT2D eigenvalue weighted by Gasteiger charge is -2.22. The lowest BCUT2D eigenvalue weighted by atomic mass is 9.82. The Bertz CT molecular complexity index is 1660. The number of hydrogen-bond donors (Lipinski definition) is 0. The highest BCUT2D eigenvalue weighted by molar-refractivity contribution is 7.18. The van der Waals surface area contributed by atoms with Gasteiger partial charge in [0, 0.05) is 27.4 Å². The van der Waals surface area contributed by atoms with E-state index in [4.69, 9.17) is 9.40 Å². The molecule has 2 nitrogen and oxygen atoms in total. The van der Waals surface area contributed by atoms with Crippen LogP contribution < -0.4 is 0 Å². The molecule has 0 unspecified atom stereocenters. The molecule has 0 atom stereocenters. The van der Waals surface area contributed by atoms with Gasteiger partial charge < -0.3 is 4.42 Å². The van der Waals surface area contributed by atoms with Gasteiger partial charge in [-0.15, -0.1) is 11.3 Å². The minimum absolute atomic E-state index is 0.0184. The number of hydrogen-bond acceptors (Lipinski definition) is 3. The van der Waals surface area contributed by atoms with E-state index >= 15 is 0 Å². The standard InChI is InChI=1S/C30H25NOS/c1-18-17-33-29-22(18)10-7-11-24(29)26-16-20-12-13-31-27(28(20)32-26)21-14-19-8-5-6-9-23(19)25(15-21)30(2,3)4/h5-17H,1-4H3. The van der Waals surface area contributed by atoms with E-state index in [2.05, 4.69) is 93.7 Å². The van der Waals surface area contributed by atoms with E-state index in [0.29, 0.717) is 0 Å². The highest BCUT2D eigenvalue weighted by atomic mass is 32.1. The van der Waals surface area contributed by atoms with E-state index in [1.165, 1.54) is 32.0 Å². The zero-order valence-electron chi connectivity index (χ0n) is 19.3. The quantitative estimate of drug-likeness (QED) is 0.264. The maximum absolute atomic E-state index is 6.54. The second-order valence-electron chi connectivity index (χ2n) is 9.78. The second kappa shape index (κ2) is 7.29.